The fourth-order valence-corrected chi connectivity index (χ4v) is 3.38. The van der Waals surface area contributed by atoms with E-state index in [2.05, 4.69) is 0 Å². The molecule has 4 aromatic rings. The summed E-state index contributed by atoms with van der Waals surface area (Å²) in [5.74, 6) is 0.925. The van der Waals surface area contributed by atoms with Crippen LogP contribution in [-0.4, -0.2) is 26.6 Å². The van der Waals surface area contributed by atoms with Crippen molar-refractivity contribution in [2.75, 3.05) is 20.8 Å². The lowest BCUT2D eigenvalue weighted by molar-refractivity contribution is 0.0920. The number of aryl methyl sites for hydroxylation is 1. The Hall–Kier alpha value is -4.06. The minimum Gasteiger partial charge on any atom is -0.493 e. The molecule has 0 saturated carbocycles. The summed E-state index contributed by atoms with van der Waals surface area (Å²) in [4.78, 5) is 26.0. The number of methoxy groups -OCH3 is 2. The van der Waals surface area contributed by atoms with Gasteiger partial charge in [-0.05, 0) is 37.3 Å². The Kier molecular flexibility index (Phi) is 5.94. The van der Waals surface area contributed by atoms with E-state index in [1.165, 1.54) is 14.2 Å². The molecule has 0 aliphatic rings. The van der Waals surface area contributed by atoms with Crippen LogP contribution in [0.2, 0.25) is 0 Å². The van der Waals surface area contributed by atoms with Crippen LogP contribution in [-0.2, 0) is 0 Å². The Bertz CT molecular complexity index is 1340. The van der Waals surface area contributed by atoms with Crippen molar-refractivity contribution in [3.63, 3.8) is 0 Å². The summed E-state index contributed by atoms with van der Waals surface area (Å²) in [6.07, 6.45) is 0. The smallest absolute Gasteiger partial charge is 0.235 e. The summed E-state index contributed by atoms with van der Waals surface area (Å²) >= 11 is 0. The van der Waals surface area contributed by atoms with Gasteiger partial charge in [-0.1, -0.05) is 42.0 Å². The van der Waals surface area contributed by atoms with Crippen LogP contribution in [0.5, 0.6) is 17.2 Å². The van der Waals surface area contributed by atoms with E-state index >= 15 is 0 Å². The molecule has 0 N–H and O–H groups in total. The van der Waals surface area contributed by atoms with E-state index in [0.717, 1.165) is 5.56 Å². The fraction of sp³-hybridized carbons (Fsp3) is 0.154. The van der Waals surface area contributed by atoms with E-state index in [0.29, 0.717) is 33.6 Å². The molecular formula is C26H22O6. The topological polar surface area (TPSA) is 75.0 Å². The number of carbonyl (C=O) groups is 1. The van der Waals surface area contributed by atoms with Gasteiger partial charge in [0.2, 0.25) is 11.2 Å². The van der Waals surface area contributed by atoms with Crippen molar-refractivity contribution in [3.05, 3.63) is 88.1 Å². The molecular weight excluding hydrogens is 408 g/mol. The second kappa shape index (κ2) is 8.98. The van der Waals surface area contributed by atoms with Gasteiger partial charge in [0.05, 0.1) is 19.6 Å². The summed E-state index contributed by atoms with van der Waals surface area (Å²) in [6.45, 7) is 1.64. The molecule has 32 heavy (non-hydrogen) atoms. The Balaban J connectivity index is 1.71. The Labute approximate surface area is 185 Å². The predicted octanol–water partition coefficient (Wildman–Crippen LogP) is 5.05. The quantitative estimate of drug-likeness (QED) is 0.382. The van der Waals surface area contributed by atoms with Gasteiger partial charge in [-0.2, -0.15) is 0 Å². The standard InChI is InChI=1S/C26H22O6/c1-16-8-10-17(11-9-16)25-26(24(28)19-6-4-5-7-21(19)32-25)31-15-20(27)18-12-13-22(29-2)23(14-18)30-3/h4-14H,15H2,1-3H3. The van der Waals surface area contributed by atoms with Gasteiger partial charge in [0, 0.05) is 11.1 Å². The second-order valence-electron chi connectivity index (χ2n) is 7.23. The number of Topliss-reactive ketones (excluding diaryl/α,β-unsaturated/α-hetero) is 1. The molecule has 0 fully saturated rings. The van der Waals surface area contributed by atoms with Crippen LogP contribution in [0.15, 0.2) is 75.9 Å². The van der Waals surface area contributed by atoms with Gasteiger partial charge in [-0.25, -0.2) is 0 Å². The lowest BCUT2D eigenvalue weighted by Gasteiger charge is -2.12. The third-order valence-electron chi connectivity index (χ3n) is 5.12. The summed E-state index contributed by atoms with van der Waals surface area (Å²) in [7, 11) is 3.02. The van der Waals surface area contributed by atoms with Crippen LogP contribution < -0.4 is 19.6 Å². The van der Waals surface area contributed by atoms with Crippen molar-refractivity contribution in [3.8, 4) is 28.6 Å². The van der Waals surface area contributed by atoms with E-state index in [1.54, 1.807) is 42.5 Å². The number of hydrogen-bond acceptors (Lipinski definition) is 6. The minimum absolute atomic E-state index is 0.00128. The molecule has 0 aliphatic heterocycles. The fourth-order valence-electron chi connectivity index (χ4n) is 3.38. The van der Waals surface area contributed by atoms with Crippen molar-refractivity contribution < 1.29 is 23.4 Å². The third kappa shape index (κ3) is 4.07. The highest BCUT2D eigenvalue weighted by molar-refractivity contribution is 5.98. The Morgan fingerprint density at radius 3 is 2.34 bits per heavy atom. The maximum Gasteiger partial charge on any atom is 0.235 e. The number of fused-ring (bicyclic) bond motifs is 1. The second-order valence-corrected chi connectivity index (χ2v) is 7.23. The van der Waals surface area contributed by atoms with Crippen molar-refractivity contribution in [1.29, 1.82) is 0 Å². The zero-order valence-corrected chi connectivity index (χ0v) is 18.0. The van der Waals surface area contributed by atoms with Gasteiger partial charge >= 0.3 is 0 Å². The molecule has 0 atom stereocenters. The summed E-state index contributed by atoms with van der Waals surface area (Å²) in [5, 5.41) is 0.386. The van der Waals surface area contributed by atoms with Crippen molar-refractivity contribution >= 4 is 16.8 Å². The van der Waals surface area contributed by atoms with E-state index in [-0.39, 0.29) is 29.3 Å². The molecule has 0 spiro atoms. The minimum atomic E-state index is -0.336. The number of ether oxygens (including phenoxy) is 3. The first-order valence-corrected chi connectivity index (χ1v) is 10.0. The maximum absolute atomic E-state index is 13.2. The molecule has 0 unspecified atom stereocenters. The molecule has 1 heterocycles. The molecule has 0 aliphatic carbocycles. The number of rotatable bonds is 7. The number of para-hydroxylation sites is 1. The molecule has 0 radical (unpaired) electrons. The van der Waals surface area contributed by atoms with Gasteiger partial charge in [0.1, 0.15) is 5.58 Å². The lowest BCUT2D eigenvalue weighted by Crippen LogP contribution is -2.17. The first-order valence-electron chi connectivity index (χ1n) is 10.0. The van der Waals surface area contributed by atoms with Crippen LogP contribution in [0.3, 0.4) is 0 Å². The average molecular weight is 430 g/mol. The molecule has 1 aromatic heterocycles. The van der Waals surface area contributed by atoms with Crippen molar-refractivity contribution in [2.24, 2.45) is 0 Å². The van der Waals surface area contributed by atoms with E-state index in [4.69, 9.17) is 18.6 Å². The zero-order chi connectivity index (χ0) is 22.7. The van der Waals surface area contributed by atoms with E-state index in [1.807, 2.05) is 31.2 Å². The first-order chi connectivity index (χ1) is 15.5. The monoisotopic (exact) mass is 430 g/mol. The van der Waals surface area contributed by atoms with Crippen LogP contribution in [0, 0.1) is 6.92 Å². The van der Waals surface area contributed by atoms with Gasteiger partial charge < -0.3 is 18.6 Å². The first kappa shape index (κ1) is 21.2. The number of carbonyl (C=O) groups excluding carboxylic acids is 1. The predicted molar refractivity (Wildman–Crippen MR) is 122 cm³/mol. The SMILES string of the molecule is COc1ccc(C(=O)COc2c(-c3ccc(C)cc3)oc3ccccc3c2=O)cc1OC. The average Bonchev–Trinajstić information content (AvgIpc) is 2.83. The molecule has 3 aromatic carbocycles. The summed E-state index contributed by atoms with van der Waals surface area (Å²) < 4.78 is 22.3. The largest absolute Gasteiger partial charge is 0.493 e. The van der Waals surface area contributed by atoms with Crippen LogP contribution in [0.1, 0.15) is 15.9 Å². The van der Waals surface area contributed by atoms with Crippen molar-refractivity contribution in [2.45, 2.75) is 6.92 Å². The van der Waals surface area contributed by atoms with E-state index in [9.17, 15) is 9.59 Å². The van der Waals surface area contributed by atoms with Gasteiger partial charge in [0.15, 0.2) is 29.6 Å². The number of hydrogen-bond donors (Lipinski definition) is 0. The highest BCUT2D eigenvalue weighted by Gasteiger charge is 2.19. The highest BCUT2D eigenvalue weighted by atomic mass is 16.5. The molecule has 6 nitrogen and oxygen atoms in total. The van der Waals surface area contributed by atoms with Crippen LogP contribution in [0.25, 0.3) is 22.3 Å². The van der Waals surface area contributed by atoms with Gasteiger partial charge in [-0.3, -0.25) is 9.59 Å². The van der Waals surface area contributed by atoms with E-state index < -0.39 is 0 Å². The Morgan fingerprint density at radius 1 is 0.906 bits per heavy atom. The third-order valence-corrected chi connectivity index (χ3v) is 5.12. The van der Waals surface area contributed by atoms with Crippen LogP contribution >= 0.6 is 0 Å². The Morgan fingerprint density at radius 2 is 1.62 bits per heavy atom. The van der Waals surface area contributed by atoms with Crippen molar-refractivity contribution in [1.82, 2.24) is 0 Å². The molecule has 0 saturated heterocycles. The summed E-state index contributed by atoms with van der Waals surface area (Å²) in [5.41, 5.74) is 2.26. The molecule has 4 rings (SSSR count). The maximum atomic E-state index is 13.2. The molecule has 0 bridgehead atoms. The van der Waals surface area contributed by atoms with Crippen LogP contribution in [0.4, 0.5) is 0 Å². The van der Waals surface area contributed by atoms with Gasteiger partial charge in [0.25, 0.3) is 0 Å². The van der Waals surface area contributed by atoms with Gasteiger partial charge in [-0.15, -0.1) is 0 Å². The summed E-state index contributed by atoms with van der Waals surface area (Å²) in [6, 6.07) is 19.3. The molecule has 162 valence electrons. The highest BCUT2D eigenvalue weighted by Crippen LogP contribution is 2.32. The number of ketones is 1. The normalized spacial score (nSPS) is 10.7. The molecule has 6 heteroatoms. The molecule has 0 amide bonds. The number of benzene rings is 3. The zero-order valence-electron chi connectivity index (χ0n) is 18.0. The lowest BCUT2D eigenvalue weighted by atomic mass is 10.1.